The van der Waals surface area contributed by atoms with Crippen molar-refractivity contribution in [3.63, 3.8) is 0 Å². The Balaban J connectivity index is 1.47. The molecule has 1 amide bonds. The number of thioether (sulfide) groups is 1. The quantitative estimate of drug-likeness (QED) is 0.490. The maximum absolute atomic E-state index is 12.9. The molecule has 1 saturated heterocycles. The van der Waals surface area contributed by atoms with Gasteiger partial charge in [0.1, 0.15) is 5.82 Å². The van der Waals surface area contributed by atoms with Gasteiger partial charge in [0.15, 0.2) is 0 Å². The molecule has 2 aromatic carbocycles. The number of morpholine rings is 1. The minimum atomic E-state index is -0.224. The van der Waals surface area contributed by atoms with Gasteiger partial charge in [-0.25, -0.2) is 4.39 Å². The van der Waals surface area contributed by atoms with Gasteiger partial charge in [0.05, 0.1) is 13.2 Å². The molecule has 2 aromatic rings. The Labute approximate surface area is 170 Å². The maximum atomic E-state index is 12.9. The second kappa shape index (κ2) is 10.5. The van der Waals surface area contributed by atoms with Crippen LogP contribution in [0.3, 0.4) is 0 Å². The van der Waals surface area contributed by atoms with Crippen molar-refractivity contribution < 1.29 is 13.9 Å². The van der Waals surface area contributed by atoms with Crippen LogP contribution in [0.4, 0.5) is 10.1 Å². The molecule has 0 N–H and O–H groups in total. The Bertz CT molecular complexity index is 763. The smallest absolute Gasteiger partial charge is 0.222 e. The number of benzene rings is 2. The van der Waals surface area contributed by atoms with E-state index in [4.69, 9.17) is 4.74 Å². The molecule has 0 radical (unpaired) electrons. The lowest BCUT2D eigenvalue weighted by Crippen LogP contribution is -2.37. The van der Waals surface area contributed by atoms with Crippen molar-refractivity contribution in [1.29, 1.82) is 0 Å². The zero-order valence-electron chi connectivity index (χ0n) is 16.3. The molecule has 3 rings (SSSR count). The molecule has 0 atom stereocenters. The molecule has 150 valence electrons. The van der Waals surface area contributed by atoms with Crippen molar-refractivity contribution in [2.24, 2.45) is 0 Å². The lowest BCUT2D eigenvalue weighted by molar-refractivity contribution is -0.130. The number of amides is 1. The summed E-state index contributed by atoms with van der Waals surface area (Å²) in [6.45, 7) is 3.87. The minimum Gasteiger partial charge on any atom is -0.378 e. The molecule has 0 saturated carbocycles. The molecule has 1 aliphatic rings. The highest BCUT2D eigenvalue weighted by Gasteiger charge is 2.16. The second-order valence-electron chi connectivity index (χ2n) is 6.88. The van der Waals surface area contributed by atoms with Crippen molar-refractivity contribution in [1.82, 2.24) is 4.90 Å². The van der Waals surface area contributed by atoms with Gasteiger partial charge in [-0.3, -0.25) is 4.79 Å². The highest BCUT2D eigenvalue weighted by molar-refractivity contribution is 7.99. The number of para-hydroxylation sites is 1. The fourth-order valence-electron chi connectivity index (χ4n) is 3.24. The molecular weight excluding hydrogens is 375 g/mol. The van der Waals surface area contributed by atoms with Gasteiger partial charge in [0.2, 0.25) is 5.91 Å². The van der Waals surface area contributed by atoms with Crippen LogP contribution in [0.15, 0.2) is 53.4 Å². The molecule has 0 aromatic heterocycles. The van der Waals surface area contributed by atoms with Gasteiger partial charge in [0, 0.05) is 43.7 Å². The predicted octanol–water partition coefficient (Wildman–Crippen LogP) is 4.19. The Hall–Kier alpha value is -2.05. The number of rotatable bonds is 8. The monoisotopic (exact) mass is 402 g/mol. The molecule has 4 nitrogen and oxygen atoms in total. The number of hydrogen-bond donors (Lipinski definition) is 0. The summed E-state index contributed by atoms with van der Waals surface area (Å²) in [7, 11) is 1.87. The number of carbonyl (C=O) groups excluding carboxylic acids is 1. The molecule has 1 aliphatic heterocycles. The zero-order chi connectivity index (χ0) is 19.8. The number of ether oxygens (including phenoxy) is 1. The van der Waals surface area contributed by atoms with Crippen LogP contribution >= 0.6 is 11.8 Å². The van der Waals surface area contributed by atoms with Crippen LogP contribution in [-0.4, -0.2) is 49.9 Å². The molecule has 0 bridgehead atoms. The molecule has 1 fully saturated rings. The highest BCUT2D eigenvalue weighted by atomic mass is 32.2. The minimum absolute atomic E-state index is 0.150. The predicted molar refractivity (Wildman–Crippen MR) is 112 cm³/mol. The van der Waals surface area contributed by atoms with E-state index >= 15 is 0 Å². The first-order chi connectivity index (χ1) is 13.6. The Morgan fingerprint density at radius 2 is 1.86 bits per heavy atom. The van der Waals surface area contributed by atoms with Crippen molar-refractivity contribution in [3.8, 4) is 0 Å². The molecule has 0 unspecified atom stereocenters. The first-order valence-electron chi connectivity index (χ1n) is 9.66. The fraction of sp³-hybridized carbons (Fsp3) is 0.409. The summed E-state index contributed by atoms with van der Waals surface area (Å²) in [5, 5.41) is 0. The zero-order valence-corrected chi connectivity index (χ0v) is 17.1. The summed E-state index contributed by atoms with van der Waals surface area (Å²) >= 11 is 1.65. The average molecular weight is 403 g/mol. The summed E-state index contributed by atoms with van der Waals surface area (Å²) in [5.74, 6) is 0.769. The summed E-state index contributed by atoms with van der Waals surface area (Å²) < 4.78 is 18.4. The molecule has 0 aliphatic carbocycles. The number of nitrogens with zero attached hydrogens (tertiary/aromatic N) is 2. The Morgan fingerprint density at radius 1 is 1.14 bits per heavy atom. The van der Waals surface area contributed by atoms with E-state index in [1.54, 1.807) is 23.9 Å². The number of halogens is 1. The first kappa shape index (κ1) is 20.7. The highest BCUT2D eigenvalue weighted by Crippen LogP contribution is 2.23. The van der Waals surface area contributed by atoms with Gasteiger partial charge in [-0.05, 0) is 48.1 Å². The Kier molecular flexibility index (Phi) is 7.74. The topological polar surface area (TPSA) is 32.8 Å². The lowest BCUT2D eigenvalue weighted by atomic mass is 10.1. The number of hydrogen-bond acceptors (Lipinski definition) is 4. The summed E-state index contributed by atoms with van der Waals surface area (Å²) in [5.41, 5.74) is 2.36. The van der Waals surface area contributed by atoms with Gasteiger partial charge in [-0.15, -0.1) is 11.8 Å². The van der Waals surface area contributed by atoms with Gasteiger partial charge < -0.3 is 14.5 Å². The van der Waals surface area contributed by atoms with E-state index in [-0.39, 0.29) is 11.7 Å². The van der Waals surface area contributed by atoms with E-state index in [0.717, 1.165) is 43.4 Å². The van der Waals surface area contributed by atoms with E-state index in [9.17, 15) is 9.18 Å². The van der Waals surface area contributed by atoms with Crippen molar-refractivity contribution in [2.75, 3.05) is 44.0 Å². The normalized spacial score (nSPS) is 14.1. The van der Waals surface area contributed by atoms with Crippen LogP contribution in [0.5, 0.6) is 0 Å². The van der Waals surface area contributed by atoms with Gasteiger partial charge in [-0.2, -0.15) is 0 Å². The molecule has 28 heavy (non-hydrogen) atoms. The standard InChI is InChI=1S/C22H27FN2O2S/c1-24(22(26)7-4-16-28-20-10-8-19(23)9-11-20)17-18-5-2-3-6-21(18)25-12-14-27-15-13-25/h2-3,5-6,8-11H,4,7,12-17H2,1H3. The third kappa shape index (κ3) is 5.97. The van der Waals surface area contributed by atoms with E-state index in [1.165, 1.54) is 23.4 Å². The summed E-state index contributed by atoms with van der Waals surface area (Å²) in [6, 6.07) is 14.8. The van der Waals surface area contributed by atoms with Crippen molar-refractivity contribution in [3.05, 3.63) is 59.9 Å². The Morgan fingerprint density at radius 3 is 2.61 bits per heavy atom. The van der Waals surface area contributed by atoms with Crippen LogP contribution in [0, 0.1) is 5.82 Å². The van der Waals surface area contributed by atoms with Crippen LogP contribution in [0.2, 0.25) is 0 Å². The second-order valence-corrected chi connectivity index (χ2v) is 8.05. The number of carbonyl (C=O) groups is 1. The number of anilines is 1. The molecule has 0 spiro atoms. The average Bonchev–Trinajstić information content (AvgIpc) is 2.73. The third-order valence-corrected chi connectivity index (χ3v) is 5.89. The van der Waals surface area contributed by atoms with E-state index < -0.39 is 0 Å². The van der Waals surface area contributed by atoms with E-state index in [1.807, 2.05) is 24.1 Å². The van der Waals surface area contributed by atoms with Gasteiger partial charge in [0.25, 0.3) is 0 Å². The van der Waals surface area contributed by atoms with Gasteiger partial charge >= 0.3 is 0 Å². The largest absolute Gasteiger partial charge is 0.378 e. The first-order valence-corrected chi connectivity index (χ1v) is 10.6. The van der Waals surface area contributed by atoms with E-state index in [2.05, 4.69) is 17.0 Å². The summed E-state index contributed by atoms with van der Waals surface area (Å²) in [6.07, 6.45) is 1.32. The lowest BCUT2D eigenvalue weighted by Gasteiger charge is -2.31. The van der Waals surface area contributed by atoms with Crippen LogP contribution < -0.4 is 4.90 Å². The fourth-order valence-corrected chi connectivity index (χ4v) is 4.09. The van der Waals surface area contributed by atoms with Crippen molar-refractivity contribution >= 4 is 23.4 Å². The molecular formula is C22H27FN2O2S. The maximum Gasteiger partial charge on any atom is 0.222 e. The van der Waals surface area contributed by atoms with Gasteiger partial charge in [-0.1, -0.05) is 18.2 Å². The SMILES string of the molecule is CN(Cc1ccccc1N1CCOCC1)C(=O)CCCSc1ccc(F)cc1. The molecule has 6 heteroatoms. The summed E-state index contributed by atoms with van der Waals surface area (Å²) in [4.78, 5) is 17.7. The third-order valence-electron chi connectivity index (χ3n) is 4.79. The van der Waals surface area contributed by atoms with Crippen molar-refractivity contribution in [2.45, 2.75) is 24.3 Å². The van der Waals surface area contributed by atoms with Crippen LogP contribution in [0.1, 0.15) is 18.4 Å². The van der Waals surface area contributed by atoms with Crippen LogP contribution in [0.25, 0.3) is 0 Å². The van der Waals surface area contributed by atoms with E-state index in [0.29, 0.717) is 13.0 Å². The van der Waals surface area contributed by atoms with Crippen LogP contribution in [-0.2, 0) is 16.1 Å². The molecule has 1 heterocycles.